The molecule has 1 aliphatic rings. The molecule has 0 radical (unpaired) electrons. The molecule has 0 aromatic heterocycles. The second-order valence-corrected chi connectivity index (χ2v) is 8.74. The molecule has 2 aromatic carbocycles. The highest BCUT2D eigenvalue weighted by Gasteiger charge is 2.35. The number of carbonyl (C=O) groups excluding carboxylic acids is 2. The number of nitrogens with zero attached hydrogens (tertiary/aromatic N) is 2. The van der Waals surface area contributed by atoms with E-state index in [4.69, 9.17) is 9.47 Å². The molecule has 8 nitrogen and oxygen atoms in total. The minimum absolute atomic E-state index is 0.0999. The van der Waals surface area contributed by atoms with Crippen molar-refractivity contribution in [3.05, 3.63) is 59.9 Å². The lowest BCUT2D eigenvalue weighted by Gasteiger charge is -2.34. The van der Waals surface area contributed by atoms with Gasteiger partial charge in [-0.3, -0.25) is 4.79 Å². The van der Waals surface area contributed by atoms with Gasteiger partial charge in [0.25, 0.3) is 0 Å². The molecule has 30 heavy (non-hydrogen) atoms. The molecular formula is C20H21FN2O6S. The molecule has 1 amide bonds. The first kappa shape index (κ1) is 21.7. The zero-order valence-electron chi connectivity index (χ0n) is 16.4. The fourth-order valence-corrected chi connectivity index (χ4v) is 3.77. The van der Waals surface area contributed by atoms with Crippen LogP contribution >= 0.6 is 0 Å². The number of esters is 1. The van der Waals surface area contributed by atoms with Gasteiger partial charge in [0.15, 0.2) is 0 Å². The number of benzene rings is 2. The molecule has 10 heteroatoms. The van der Waals surface area contributed by atoms with Gasteiger partial charge in [0.2, 0.25) is 22.0 Å². The van der Waals surface area contributed by atoms with E-state index in [1.54, 1.807) is 24.3 Å². The van der Waals surface area contributed by atoms with E-state index in [-0.39, 0.29) is 13.1 Å². The number of carbonyl (C=O) groups is 2. The van der Waals surface area contributed by atoms with Crippen molar-refractivity contribution in [1.29, 1.82) is 0 Å². The van der Waals surface area contributed by atoms with Gasteiger partial charge in [-0.1, -0.05) is 24.3 Å². The van der Waals surface area contributed by atoms with Crippen LogP contribution in [0.4, 0.5) is 10.1 Å². The Morgan fingerprint density at radius 1 is 1.20 bits per heavy atom. The highest BCUT2D eigenvalue weighted by Crippen LogP contribution is 2.33. The van der Waals surface area contributed by atoms with E-state index in [0.717, 1.165) is 10.6 Å². The van der Waals surface area contributed by atoms with Crippen LogP contribution in [-0.2, 0) is 30.9 Å². The molecule has 1 aliphatic heterocycles. The van der Waals surface area contributed by atoms with Gasteiger partial charge in [0, 0.05) is 6.54 Å². The van der Waals surface area contributed by atoms with Gasteiger partial charge in [-0.25, -0.2) is 17.6 Å². The molecule has 1 atom stereocenters. The Kier molecular flexibility index (Phi) is 6.37. The number of halogens is 1. The van der Waals surface area contributed by atoms with Gasteiger partial charge in [-0.05, 0) is 29.8 Å². The molecule has 0 fully saturated rings. The van der Waals surface area contributed by atoms with Gasteiger partial charge < -0.3 is 14.4 Å². The summed E-state index contributed by atoms with van der Waals surface area (Å²) in [7, 11) is -2.53. The second-order valence-electron chi connectivity index (χ2n) is 6.76. The van der Waals surface area contributed by atoms with Crippen LogP contribution in [0.5, 0.6) is 5.75 Å². The summed E-state index contributed by atoms with van der Waals surface area (Å²) in [5.74, 6) is -1.31. The Hall–Kier alpha value is -2.98. The lowest BCUT2D eigenvalue weighted by Crippen LogP contribution is -2.50. The van der Waals surface area contributed by atoms with Crippen LogP contribution in [-0.4, -0.2) is 57.2 Å². The van der Waals surface area contributed by atoms with Crippen molar-refractivity contribution in [2.24, 2.45) is 0 Å². The Balaban J connectivity index is 1.85. The molecule has 0 spiro atoms. The lowest BCUT2D eigenvalue weighted by molar-refractivity contribution is -0.148. The van der Waals surface area contributed by atoms with Gasteiger partial charge in [-0.2, -0.15) is 4.31 Å². The van der Waals surface area contributed by atoms with Crippen LogP contribution in [0, 0.1) is 5.82 Å². The largest absolute Gasteiger partial charge is 0.475 e. The summed E-state index contributed by atoms with van der Waals surface area (Å²) in [5.41, 5.74) is 0.960. The topological polar surface area (TPSA) is 93.2 Å². The summed E-state index contributed by atoms with van der Waals surface area (Å²) in [6.45, 7) is -0.674. The van der Waals surface area contributed by atoms with Crippen LogP contribution in [0.2, 0.25) is 0 Å². The highest BCUT2D eigenvalue weighted by molar-refractivity contribution is 7.88. The van der Waals surface area contributed by atoms with E-state index in [9.17, 15) is 22.4 Å². The minimum Gasteiger partial charge on any atom is -0.475 e. The number of para-hydroxylation sites is 2. The number of hydrogen-bond donors (Lipinski definition) is 0. The predicted molar refractivity (Wildman–Crippen MR) is 107 cm³/mol. The average Bonchev–Trinajstić information content (AvgIpc) is 2.72. The summed E-state index contributed by atoms with van der Waals surface area (Å²) in [4.78, 5) is 26.4. The van der Waals surface area contributed by atoms with Gasteiger partial charge in [0.05, 0.1) is 32.1 Å². The van der Waals surface area contributed by atoms with Crippen molar-refractivity contribution in [3.8, 4) is 5.75 Å². The molecular weight excluding hydrogens is 415 g/mol. The first-order valence-electron chi connectivity index (χ1n) is 9.02. The maximum absolute atomic E-state index is 13.1. The lowest BCUT2D eigenvalue weighted by atomic mass is 10.1. The summed E-state index contributed by atoms with van der Waals surface area (Å²) in [5, 5.41) is 0. The van der Waals surface area contributed by atoms with Crippen LogP contribution in [0.1, 0.15) is 5.56 Å². The summed E-state index contributed by atoms with van der Waals surface area (Å²) < 4.78 is 49.0. The molecule has 0 aliphatic carbocycles. The van der Waals surface area contributed by atoms with Crippen molar-refractivity contribution in [1.82, 2.24) is 4.31 Å². The van der Waals surface area contributed by atoms with Crippen LogP contribution < -0.4 is 9.64 Å². The van der Waals surface area contributed by atoms with E-state index in [2.05, 4.69) is 0 Å². The Labute approximate surface area is 173 Å². The third kappa shape index (κ3) is 4.95. The van der Waals surface area contributed by atoms with Crippen LogP contribution in [0.3, 0.4) is 0 Å². The van der Waals surface area contributed by atoms with Gasteiger partial charge in [0.1, 0.15) is 11.6 Å². The number of methoxy groups -OCH3 is 1. The Bertz CT molecular complexity index is 1040. The smallest absolute Gasteiger partial charge is 0.348 e. The second kappa shape index (κ2) is 8.80. The van der Waals surface area contributed by atoms with E-state index in [1.807, 2.05) is 0 Å². The van der Waals surface area contributed by atoms with Crippen molar-refractivity contribution in [3.63, 3.8) is 0 Å². The average molecular weight is 436 g/mol. The zero-order chi connectivity index (χ0) is 21.9. The number of amides is 1. The van der Waals surface area contributed by atoms with Gasteiger partial charge >= 0.3 is 5.97 Å². The highest BCUT2D eigenvalue weighted by atomic mass is 32.2. The van der Waals surface area contributed by atoms with Crippen molar-refractivity contribution in [2.45, 2.75) is 12.6 Å². The quantitative estimate of drug-likeness (QED) is 0.638. The van der Waals surface area contributed by atoms with E-state index in [0.29, 0.717) is 17.0 Å². The zero-order valence-corrected chi connectivity index (χ0v) is 17.3. The molecule has 0 saturated heterocycles. The molecule has 1 heterocycles. The number of fused-ring (bicyclic) bond motifs is 1. The molecule has 0 N–H and O–H groups in total. The third-order valence-electron chi connectivity index (χ3n) is 4.59. The number of anilines is 1. The van der Waals surface area contributed by atoms with Crippen molar-refractivity contribution < 1.29 is 31.9 Å². The standard InChI is InChI=1S/C20H21FN2O6S/c1-28-20(25)18-12-23(16-5-3-4-6-17(16)29-18)19(24)13-22(30(2,26)27)11-14-7-9-15(21)10-8-14/h3-10,18H,11-13H2,1-2H3. The molecule has 0 saturated carbocycles. The minimum atomic E-state index is -3.75. The fourth-order valence-electron chi connectivity index (χ4n) is 3.04. The van der Waals surface area contributed by atoms with Crippen LogP contribution in [0.25, 0.3) is 0 Å². The monoisotopic (exact) mass is 436 g/mol. The number of ether oxygens (including phenoxy) is 2. The summed E-state index contributed by atoms with van der Waals surface area (Å²) in [6.07, 6.45) is -0.0356. The number of sulfonamides is 1. The predicted octanol–water partition coefficient (Wildman–Crippen LogP) is 1.55. The van der Waals surface area contributed by atoms with Crippen molar-refractivity contribution >= 4 is 27.6 Å². The molecule has 160 valence electrons. The van der Waals surface area contributed by atoms with Crippen molar-refractivity contribution in [2.75, 3.05) is 31.4 Å². The van der Waals surface area contributed by atoms with E-state index in [1.165, 1.54) is 36.3 Å². The fraction of sp³-hybridized carbons (Fsp3) is 0.300. The Morgan fingerprint density at radius 2 is 1.87 bits per heavy atom. The summed E-state index contributed by atoms with van der Waals surface area (Å²) in [6, 6.07) is 12.0. The van der Waals surface area contributed by atoms with E-state index >= 15 is 0 Å². The molecule has 1 unspecified atom stereocenters. The maximum Gasteiger partial charge on any atom is 0.348 e. The number of rotatable bonds is 6. The molecule has 3 rings (SSSR count). The third-order valence-corrected chi connectivity index (χ3v) is 5.79. The normalized spacial score (nSPS) is 16.0. The van der Waals surface area contributed by atoms with Gasteiger partial charge in [-0.15, -0.1) is 0 Å². The number of hydrogen-bond acceptors (Lipinski definition) is 6. The first-order valence-corrected chi connectivity index (χ1v) is 10.9. The molecule has 2 aromatic rings. The molecule has 0 bridgehead atoms. The van der Waals surface area contributed by atoms with E-state index < -0.39 is 40.4 Å². The SMILES string of the molecule is COC(=O)C1CN(C(=O)CN(Cc2ccc(F)cc2)S(C)(=O)=O)c2ccccc2O1. The van der Waals surface area contributed by atoms with Crippen LogP contribution in [0.15, 0.2) is 48.5 Å². The Morgan fingerprint density at radius 3 is 2.50 bits per heavy atom. The first-order chi connectivity index (χ1) is 14.2. The maximum atomic E-state index is 13.1. The summed E-state index contributed by atoms with van der Waals surface area (Å²) >= 11 is 0.